The van der Waals surface area contributed by atoms with Crippen LogP contribution in [0.5, 0.6) is 5.75 Å². The first-order valence-electron chi connectivity index (χ1n) is 22.3. The molecule has 8 atom stereocenters. The molecule has 1 aromatic rings. The van der Waals surface area contributed by atoms with Gasteiger partial charge in [0.05, 0.1) is 43.9 Å². The monoisotopic (exact) mass is 947 g/mol. The Morgan fingerprint density at radius 3 is 2.38 bits per heavy atom. The minimum atomic E-state index is -1.59. The SMILES string of the molecule is CNC(=O)CC(OC(=O)C(C)N(C)C(=O)CNC(=O)CCCCCN(C)C(=O)CC(C=O)C(C)C)C1(C)OC1C(C)C1CC(OC)(O/C=C/C=C(\C)Cc2ccc(Cl)c(OC)c2)NC(=O)O1. The number of rotatable bonds is 27. The Kier molecular flexibility index (Phi) is 21.4. The number of nitrogens with zero attached hydrogens (tertiary/aromatic N) is 2. The summed E-state index contributed by atoms with van der Waals surface area (Å²) < 4.78 is 34.7. The summed E-state index contributed by atoms with van der Waals surface area (Å²) >= 11 is 6.16. The lowest BCUT2D eigenvalue weighted by molar-refractivity contribution is -0.241. The largest absolute Gasteiger partial charge is 0.495 e. The van der Waals surface area contributed by atoms with E-state index in [1.165, 1.54) is 34.4 Å². The third-order valence-electron chi connectivity index (χ3n) is 12.3. The molecule has 0 saturated carbocycles. The molecule has 0 aromatic heterocycles. The fourth-order valence-electron chi connectivity index (χ4n) is 7.47. The van der Waals surface area contributed by atoms with E-state index in [0.29, 0.717) is 43.0 Å². The summed E-state index contributed by atoms with van der Waals surface area (Å²) in [6, 6.07) is 4.46. The number of ether oxygens (including phenoxy) is 6. The van der Waals surface area contributed by atoms with E-state index in [-0.39, 0.29) is 55.9 Å². The maximum Gasteiger partial charge on any atom is 0.412 e. The highest BCUT2D eigenvalue weighted by atomic mass is 35.5. The van der Waals surface area contributed by atoms with Crippen LogP contribution in [0.25, 0.3) is 0 Å². The Balaban J connectivity index is 1.54. The van der Waals surface area contributed by atoms with Gasteiger partial charge >= 0.3 is 12.1 Å². The van der Waals surface area contributed by atoms with E-state index < -0.39 is 65.7 Å². The number of carbonyl (C=O) groups excluding carboxylic acids is 7. The number of allylic oxidation sites excluding steroid dienone is 3. The van der Waals surface area contributed by atoms with Crippen molar-refractivity contribution >= 4 is 53.6 Å². The fourth-order valence-corrected chi connectivity index (χ4v) is 7.66. The van der Waals surface area contributed by atoms with E-state index in [4.69, 9.17) is 40.0 Å². The average Bonchev–Trinajstić information content (AvgIpc) is 3.99. The van der Waals surface area contributed by atoms with Crippen molar-refractivity contribution in [2.24, 2.45) is 17.8 Å². The zero-order valence-electron chi connectivity index (χ0n) is 40.2. The zero-order chi connectivity index (χ0) is 49.4. The number of likely N-dealkylation sites (N-methyl/N-ethyl adjacent to an activating group) is 1. The summed E-state index contributed by atoms with van der Waals surface area (Å²) in [6.45, 7) is 10.9. The lowest BCUT2D eigenvalue weighted by Gasteiger charge is -2.40. The van der Waals surface area contributed by atoms with Crippen molar-refractivity contribution in [2.45, 2.75) is 129 Å². The lowest BCUT2D eigenvalue weighted by atomic mass is 9.86. The first-order chi connectivity index (χ1) is 31.1. The molecule has 8 unspecified atom stereocenters. The van der Waals surface area contributed by atoms with E-state index in [9.17, 15) is 33.6 Å². The van der Waals surface area contributed by atoms with Crippen LogP contribution >= 0.6 is 11.6 Å². The number of hydrogen-bond acceptors (Lipinski definition) is 13. The summed E-state index contributed by atoms with van der Waals surface area (Å²) in [4.78, 5) is 91.2. The number of unbranched alkanes of at least 4 members (excludes halogenated alkanes) is 2. The predicted molar refractivity (Wildman–Crippen MR) is 245 cm³/mol. The standard InChI is InChI=1S/C47H70ClN5O13/c1-29(2)34(28-54)24-41(57)52(8)20-14-12-13-17-39(55)50-27-42(58)53(9)32(5)44(59)65-38(25-40(56)49-7)46(6)43(66-46)31(4)37-26-47(62-11,51-45(60)64-37)63-21-15-16-30(3)22-33-18-19-35(48)36(23-33)61-10/h15-16,18-19,21,23,28-29,31-32,34,37-38,43H,12-14,17,20,22,24-27H2,1-11H3,(H,49,56)(H,50,55)(H,51,60)/b21-15+,30-16+. The smallest absolute Gasteiger partial charge is 0.412 e. The van der Waals surface area contributed by atoms with Gasteiger partial charge in [0.15, 0.2) is 0 Å². The molecular formula is C47H70ClN5O13. The summed E-state index contributed by atoms with van der Waals surface area (Å²) in [5, 5.41) is 8.26. The number of epoxide rings is 1. The van der Waals surface area contributed by atoms with Crippen LogP contribution < -0.4 is 20.7 Å². The lowest BCUT2D eigenvalue weighted by Crippen LogP contribution is -2.60. The number of nitrogens with one attached hydrogen (secondary N) is 3. The molecular weight excluding hydrogens is 878 g/mol. The van der Waals surface area contributed by atoms with Crippen molar-refractivity contribution in [2.75, 3.05) is 48.5 Å². The molecule has 1 aromatic carbocycles. The van der Waals surface area contributed by atoms with Crippen molar-refractivity contribution in [3.63, 3.8) is 0 Å². The molecule has 368 valence electrons. The molecule has 0 spiro atoms. The van der Waals surface area contributed by atoms with E-state index in [0.717, 1.165) is 22.3 Å². The fraction of sp³-hybridized carbons (Fsp3) is 0.638. The minimum Gasteiger partial charge on any atom is -0.495 e. The number of esters is 1. The molecule has 18 nitrogen and oxygen atoms in total. The van der Waals surface area contributed by atoms with Gasteiger partial charge in [-0.25, -0.2) is 9.59 Å². The maximum absolute atomic E-state index is 13.6. The van der Waals surface area contributed by atoms with E-state index >= 15 is 0 Å². The molecule has 2 saturated heterocycles. The van der Waals surface area contributed by atoms with Gasteiger partial charge in [-0.3, -0.25) is 24.5 Å². The molecule has 66 heavy (non-hydrogen) atoms. The highest BCUT2D eigenvalue weighted by molar-refractivity contribution is 6.32. The van der Waals surface area contributed by atoms with Gasteiger partial charge in [0, 0.05) is 59.5 Å². The average molecular weight is 949 g/mol. The number of aldehydes is 1. The number of methoxy groups -OCH3 is 2. The second kappa shape index (κ2) is 25.6. The van der Waals surface area contributed by atoms with Crippen molar-refractivity contribution in [3.05, 3.63) is 52.8 Å². The van der Waals surface area contributed by atoms with Gasteiger partial charge in [0.1, 0.15) is 35.9 Å². The Labute approximate surface area is 393 Å². The molecule has 5 amide bonds. The third-order valence-corrected chi connectivity index (χ3v) is 12.6. The Hall–Kier alpha value is -5.20. The zero-order valence-corrected chi connectivity index (χ0v) is 41.0. The van der Waals surface area contributed by atoms with E-state index in [1.54, 1.807) is 45.0 Å². The first-order valence-corrected chi connectivity index (χ1v) is 22.7. The molecule has 2 heterocycles. The molecule has 2 aliphatic rings. The molecule has 19 heteroatoms. The van der Waals surface area contributed by atoms with Gasteiger partial charge in [-0.05, 0) is 69.7 Å². The maximum atomic E-state index is 13.6. The Bertz CT molecular complexity index is 1930. The normalized spacial score (nSPS) is 22.2. The summed E-state index contributed by atoms with van der Waals surface area (Å²) in [5.41, 5.74) is 0.828. The highest BCUT2D eigenvalue weighted by Crippen LogP contribution is 2.48. The van der Waals surface area contributed by atoms with Crippen molar-refractivity contribution < 1.29 is 62.0 Å². The number of halogens is 1. The minimum absolute atomic E-state index is 0.0490. The summed E-state index contributed by atoms with van der Waals surface area (Å²) in [6.07, 6.45) is 5.10. The number of carbonyl (C=O) groups is 7. The molecule has 2 aliphatic heterocycles. The number of amides is 5. The van der Waals surface area contributed by atoms with Gasteiger partial charge < -0.3 is 53.6 Å². The number of hydrogen-bond donors (Lipinski definition) is 3. The number of alkyl carbamates (subject to hydrolysis) is 1. The highest BCUT2D eigenvalue weighted by Gasteiger charge is 2.64. The van der Waals surface area contributed by atoms with Gasteiger partial charge in [-0.2, -0.15) is 0 Å². The molecule has 0 aliphatic carbocycles. The van der Waals surface area contributed by atoms with Crippen LogP contribution in [0.4, 0.5) is 4.79 Å². The van der Waals surface area contributed by atoms with Gasteiger partial charge in [0.2, 0.25) is 23.6 Å². The summed E-state index contributed by atoms with van der Waals surface area (Å²) in [5.74, 6) is -3.95. The van der Waals surface area contributed by atoms with Crippen LogP contribution in [0.3, 0.4) is 0 Å². The predicted octanol–water partition coefficient (Wildman–Crippen LogP) is 4.85. The van der Waals surface area contributed by atoms with Crippen LogP contribution in [0.15, 0.2) is 42.2 Å². The topological polar surface area (TPSA) is 221 Å². The number of cyclic esters (lactones) is 1. The van der Waals surface area contributed by atoms with Crippen LogP contribution in [-0.4, -0.2) is 136 Å². The van der Waals surface area contributed by atoms with Gasteiger partial charge in [-0.15, -0.1) is 0 Å². The number of benzene rings is 1. The molecule has 3 N–H and O–H groups in total. The van der Waals surface area contributed by atoms with Gasteiger partial charge in [-0.1, -0.05) is 56.5 Å². The van der Waals surface area contributed by atoms with Crippen molar-refractivity contribution in [3.8, 4) is 5.75 Å². The summed E-state index contributed by atoms with van der Waals surface area (Å²) in [7, 11) is 7.50. The van der Waals surface area contributed by atoms with Crippen molar-refractivity contribution in [1.82, 2.24) is 25.8 Å². The quantitative estimate of drug-likeness (QED) is 0.0205. The second-order valence-electron chi connectivity index (χ2n) is 17.6. The Morgan fingerprint density at radius 1 is 1.03 bits per heavy atom. The molecule has 0 bridgehead atoms. The van der Waals surface area contributed by atoms with Crippen LogP contribution in [0.1, 0.15) is 92.1 Å². The van der Waals surface area contributed by atoms with Crippen LogP contribution in [0, 0.1) is 17.8 Å². The van der Waals surface area contributed by atoms with E-state index in [2.05, 4.69) is 16.0 Å². The molecule has 0 radical (unpaired) electrons. The van der Waals surface area contributed by atoms with Crippen molar-refractivity contribution in [1.29, 1.82) is 0 Å². The van der Waals surface area contributed by atoms with Crippen LogP contribution in [-0.2, 0) is 58.9 Å². The molecule has 3 rings (SSSR count). The van der Waals surface area contributed by atoms with Crippen LogP contribution in [0.2, 0.25) is 5.02 Å². The van der Waals surface area contributed by atoms with E-state index in [1.807, 2.05) is 39.0 Å². The first kappa shape index (κ1) is 55.1. The second-order valence-corrected chi connectivity index (χ2v) is 18.0. The third kappa shape index (κ3) is 16.0. The Morgan fingerprint density at radius 2 is 1.74 bits per heavy atom. The molecule has 2 fully saturated rings. The van der Waals surface area contributed by atoms with Gasteiger partial charge in [0.25, 0.3) is 5.91 Å².